The molecule has 0 aliphatic carbocycles. The molecule has 27 heavy (non-hydrogen) atoms. The third kappa shape index (κ3) is 7.09. The summed E-state index contributed by atoms with van der Waals surface area (Å²) in [5.41, 5.74) is 0.812. The molecule has 7 nitrogen and oxygen atoms in total. The number of hydrogen-bond donors (Lipinski definition) is 3. The molecule has 7 heteroatoms. The van der Waals surface area contributed by atoms with Gasteiger partial charge in [-0.25, -0.2) is 9.59 Å². The maximum absolute atomic E-state index is 11.9. The van der Waals surface area contributed by atoms with Crippen LogP contribution < -0.4 is 5.32 Å². The molecule has 1 aliphatic rings. The average Bonchev–Trinajstić information content (AvgIpc) is 2.56. The highest BCUT2D eigenvalue weighted by molar-refractivity contribution is 5.80. The number of aromatic hydroxyl groups is 1. The minimum absolute atomic E-state index is 0.113. The average molecular weight is 378 g/mol. The molecule has 0 bridgehead atoms. The van der Waals surface area contributed by atoms with Gasteiger partial charge in [-0.15, -0.1) is 0 Å². The number of amides is 1. The molecule has 1 heterocycles. The Labute approximate surface area is 160 Å². The Morgan fingerprint density at radius 1 is 1.22 bits per heavy atom. The van der Waals surface area contributed by atoms with Crippen molar-refractivity contribution >= 4 is 12.1 Å². The van der Waals surface area contributed by atoms with Crippen LogP contribution in [-0.2, 0) is 22.5 Å². The number of phenols is 1. The Balaban J connectivity index is 2.05. The molecule has 1 aromatic carbocycles. The van der Waals surface area contributed by atoms with Gasteiger partial charge >= 0.3 is 12.1 Å². The minimum Gasteiger partial charge on any atom is -0.508 e. The van der Waals surface area contributed by atoms with Crippen LogP contribution in [0.5, 0.6) is 5.75 Å². The second kappa shape index (κ2) is 9.08. The van der Waals surface area contributed by atoms with Gasteiger partial charge in [0.05, 0.1) is 0 Å². The van der Waals surface area contributed by atoms with E-state index < -0.39 is 23.7 Å². The maximum Gasteiger partial charge on any atom is 0.408 e. The number of alkyl carbamates (subject to hydrolysis) is 1. The number of likely N-dealkylation sites (tertiary alicyclic amines) is 1. The van der Waals surface area contributed by atoms with E-state index in [0.717, 1.165) is 37.1 Å². The number of nitrogens with one attached hydrogen (secondary N) is 1. The molecule has 0 spiro atoms. The molecular formula is C20H30N2O5. The highest BCUT2D eigenvalue weighted by Crippen LogP contribution is 2.23. The number of rotatable bonds is 6. The molecule has 150 valence electrons. The van der Waals surface area contributed by atoms with Crippen LogP contribution in [0.4, 0.5) is 4.79 Å². The van der Waals surface area contributed by atoms with Gasteiger partial charge in [0, 0.05) is 18.5 Å². The number of carbonyl (C=O) groups excluding carboxylic acids is 1. The van der Waals surface area contributed by atoms with E-state index in [1.165, 1.54) is 6.42 Å². The summed E-state index contributed by atoms with van der Waals surface area (Å²) in [4.78, 5) is 25.7. The number of hydrogen-bond acceptors (Lipinski definition) is 5. The summed E-state index contributed by atoms with van der Waals surface area (Å²) in [5, 5.41) is 22.0. The van der Waals surface area contributed by atoms with E-state index in [0.29, 0.717) is 6.54 Å². The fraction of sp³-hybridized carbons (Fsp3) is 0.600. The normalized spacial score (nSPS) is 16.6. The number of piperidine rings is 1. The van der Waals surface area contributed by atoms with Gasteiger partial charge < -0.3 is 20.3 Å². The summed E-state index contributed by atoms with van der Waals surface area (Å²) in [7, 11) is 0. The third-order valence-electron chi connectivity index (χ3n) is 4.42. The summed E-state index contributed by atoms with van der Waals surface area (Å²) in [5.74, 6) is -0.928. The number of carbonyl (C=O) groups is 2. The fourth-order valence-electron chi connectivity index (χ4n) is 3.14. The number of ether oxygens (including phenoxy) is 1. The van der Waals surface area contributed by atoms with Crippen molar-refractivity contribution in [2.45, 2.75) is 64.6 Å². The second-order valence-corrected chi connectivity index (χ2v) is 8.04. The first-order valence-electron chi connectivity index (χ1n) is 9.39. The molecule has 1 saturated heterocycles. The van der Waals surface area contributed by atoms with Gasteiger partial charge in [-0.3, -0.25) is 4.90 Å². The maximum atomic E-state index is 11.9. The van der Waals surface area contributed by atoms with E-state index in [9.17, 15) is 19.8 Å². The first-order valence-corrected chi connectivity index (χ1v) is 9.39. The number of aliphatic carboxylic acids is 1. The van der Waals surface area contributed by atoms with Gasteiger partial charge in [0.25, 0.3) is 0 Å². The van der Waals surface area contributed by atoms with Gasteiger partial charge in [-0.1, -0.05) is 18.6 Å². The van der Waals surface area contributed by atoms with E-state index in [4.69, 9.17) is 4.74 Å². The summed E-state index contributed by atoms with van der Waals surface area (Å²) >= 11 is 0. The van der Waals surface area contributed by atoms with Crippen molar-refractivity contribution in [3.63, 3.8) is 0 Å². The van der Waals surface area contributed by atoms with Crippen molar-refractivity contribution in [1.82, 2.24) is 10.2 Å². The summed E-state index contributed by atoms with van der Waals surface area (Å²) in [6, 6.07) is 3.98. The van der Waals surface area contributed by atoms with Crippen molar-refractivity contribution in [2.75, 3.05) is 13.1 Å². The predicted molar refractivity (Wildman–Crippen MR) is 102 cm³/mol. The number of carboxylic acids is 1. The lowest BCUT2D eigenvalue weighted by atomic mass is 10.0. The highest BCUT2D eigenvalue weighted by atomic mass is 16.6. The zero-order chi connectivity index (χ0) is 20.0. The Morgan fingerprint density at radius 2 is 1.89 bits per heavy atom. The summed E-state index contributed by atoms with van der Waals surface area (Å²) in [6.07, 6.45) is 2.89. The Hall–Kier alpha value is -2.28. The predicted octanol–water partition coefficient (Wildman–Crippen LogP) is 2.90. The molecule has 1 amide bonds. The third-order valence-corrected chi connectivity index (χ3v) is 4.42. The molecule has 1 unspecified atom stereocenters. The molecule has 0 saturated carbocycles. The lowest BCUT2D eigenvalue weighted by Gasteiger charge is -2.27. The van der Waals surface area contributed by atoms with Gasteiger partial charge in [-0.2, -0.15) is 0 Å². The first kappa shape index (κ1) is 21.0. The standard InChI is InChI=1S/C20H30N2O5/c1-20(2,3)27-19(26)21-16(18(24)25)12-14-7-8-17(23)15(11-14)13-22-9-5-4-6-10-22/h7-8,11,16,23H,4-6,9-10,12-13H2,1-3H3,(H,21,26)(H,24,25). The molecule has 1 aromatic rings. The van der Waals surface area contributed by atoms with Crippen molar-refractivity contribution in [2.24, 2.45) is 0 Å². The van der Waals surface area contributed by atoms with Crippen LogP contribution in [0.15, 0.2) is 18.2 Å². The molecule has 1 fully saturated rings. The molecule has 2 rings (SSSR count). The summed E-state index contributed by atoms with van der Waals surface area (Å²) < 4.78 is 5.14. The molecule has 0 radical (unpaired) electrons. The number of nitrogens with zero attached hydrogens (tertiary/aromatic N) is 1. The van der Waals surface area contributed by atoms with E-state index in [2.05, 4.69) is 10.2 Å². The van der Waals surface area contributed by atoms with Crippen molar-refractivity contribution in [3.8, 4) is 5.75 Å². The monoisotopic (exact) mass is 378 g/mol. The van der Waals surface area contributed by atoms with Crippen LogP contribution >= 0.6 is 0 Å². The lowest BCUT2D eigenvalue weighted by Crippen LogP contribution is -2.44. The second-order valence-electron chi connectivity index (χ2n) is 8.04. The Kier molecular flexibility index (Phi) is 7.07. The first-order chi connectivity index (χ1) is 12.6. The number of benzene rings is 1. The summed E-state index contributed by atoms with van der Waals surface area (Å²) in [6.45, 7) is 7.79. The molecule has 1 atom stereocenters. The van der Waals surface area contributed by atoms with Crippen molar-refractivity contribution < 1.29 is 24.5 Å². The Morgan fingerprint density at radius 3 is 2.48 bits per heavy atom. The number of carboxylic acid groups (broad SMARTS) is 1. The van der Waals surface area contributed by atoms with Crippen LogP contribution in [-0.4, -0.2) is 51.9 Å². The van der Waals surface area contributed by atoms with Crippen LogP contribution in [0.2, 0.25) is 0 Å². The van der Waals surface area contributed by atoms with Crippen molar-refractivity contribution in [3.05, 3.63) is 29.3 Å². The molecular weight excluding hydrogens is 348 g/mol. The van der Waals surface area contributed by atoms with E-state index in [1.807, 2.05) is 6.07 Å². The molecule has 0 aromatic heterocycles. The molecule has 1 aliphatic heterocycles. The highest BCUT2D eigenvalue weighted by Gasteiger charge is 2.24. The van der Waals surface area contributed by atoms with Gasteiger partial charge in [0.15, 0.2) is 0 Å². The quantitative estimate of drug-likeness (QED) is 0.704. The van der Waals surface area contributed by atoms with Crippen LogP contribution in [0.3, 0.4) is 0 Å². The topological polar surface area (TPSA) is 99.1 Å². The van der Waals surface area contributed by atoms with Gasteiger partial charge in [0.2, 0.25) is 0 Å². The fourth-order valence-corrected chi connectivity index (χ4v) is 3.14. The zero-order valence-electron chi connectivity index (χ0n) is 16.3. The zero-order valence-corrected chi connectivity index (χ0v) is 16.3. The van der Waals surface area contributed by atoms with Gasteiger partial charge in [-0.05, 0) is 58.3 Å². The SMILES string of the molecule is CC(C)(C)OC(=O)NC(Cc1ccc(O)c(CN2CCCCC2)c1)C(=O)O. The minimum atomic E-state index is -1.13. The van der Waals surface area contributed by atoms with Crippen molar-refractivity contribution in [1.29, 1.82) is 0 Å². The number of phenolic OH excluding ortho intramolecular Hbond substituents is 1. The smallest absolute Gasteiger partial charge is 0.408 e. The van der Waals surface area contributed by atoms with Gasteiger partial charge in [0.1, 0.15) is 17.4 Å². The van der Waals surface area contributed by atoms with E-state index >= 15 is 0 Å². The lowest BCUT2D eigenvalue weighted by molar-refractivity contribution is -0.139. The van der Waals surface area contributed by atoms with E-state index in [1.54, 1.807) is 32.9 Å². The Bertz CT molecular complexity index is 663. The van der Waals surface area contributed by atoms with Crippen LogP contribution in [0.1, 0.15) is 51.2 Å². The van der Waals surface area contributed by atoms with E-state index in [-0.39, 0.29) is 12.2 Å². The largest absolute Gasteiger partial charge is 0.508 e. The molecule has 3 N–H and O–H groups in total. The van der Waals surface area contributed by atoms with Crippen LogP contribution in [0.25, 0.3) is 0 Å². The van der Waals surface area contributed by atoms with Crippen LogP contribution in [0, 0.1) is 0 Å².